The number of ether oxygens (including phenoxy) is 1. The molecule has 26 heavy (non-hydrogen) atoms. The predicted molar refractivity (Wildman–Crippen MR) is 93.5 cm³/mol. The van der Waals surface area contributed by atoms with E-state index in [4.69, 9.17) is 9.84 Å². The summed E-state index contributed by atoms with van der Waals surface area (Å²) in [5.74, 6) is -0.225. The van der Waals surface area contributed by atoms with E-state index in [1.807, 2.05) is 10.6 Å². The molecule has 1 N–H and O–H groups in total. The Morgan fingerprint density at radius 1 is 1.42 bits per heavy atom. The van der Waals surface area contributed by atoms with Gasteiger partial charge in [0.05, 0.1) is 18.4 Å². The lowest BCUT2D eigenvalue weighted by Crippen LogP contribution is -2.51. The van der Waals surface area contributed by atoms with E-state index in [2.05, 4.69) is 9.97 Å². The van der Waals surface area contributed by atoms with Crippen molar-refractivity contribution in [3.63, 3.8) is 0 Å². The molecule has 1 unspecified atom stereocenters. The quantitative estimate of drug-likeness (QED) is 0.645. The summed E-state index contributed by atoms with van der Waals surface area (Å²) in [6.45, 7) is 0. The van der Waals surface area contributed by atoms with Crippen LogP contribution in [0.5, 0.6) is 5.88 Å². The highest BCUT2D eigenvalue weighted by atomic mass is 32.2. The molecule has 0 radical (unpaired) electrons. The Balaban J connectivity index is 1.53. The zero-order valence-corrected chi connectivity index (χ0v) is 14.6. The Hall–Kier alpha value is -2.81. The third kappa shape index (κ3) is 1.97. The van der Waals surface area contributed by atoms with Crippen LogP contribution in [-0.2, 0) is 22.4 Å². The molecule has 2 aliphatic heterocycles. The number of carbonyl (C=O) groups is 2. The van der Waals surface area contributed by atoms with Crippen LogP contribution in [0.1, 0.15) is 23.4 Å². The van der Waals surface area contributed by atoms with E-state index >= 15 is 0 Å². The van der Waals surface area contributed by atoms with Gasteiger partial charge in [-0.1, -0.05) is 0 Å². The second-order valence-corrected chi connectivity index (χ2v) is 7.26. The number of rotatable bonds is 3. The number of aryl methyl sites for hydroxylation is 1. The highest BCUT2D eigenvalue weighted by molar-refractivity contribution is 8.03. The van der Waals surface area contributed by atoms with Gasteiger partial charge in [0, 0.05) is 22.9 Å². The van der Waals surface area contributed by atoms with E-state index in [0.717, 1.165) is 30.5 Å². The van der Waals surface area contributed by atoms with Gasteiger partial charge in [-0.25, -0.2) is 9.78 Å². The first-order valence-electron chi connectivity index (χ1n) is 8.17. The third-order valence-corrected chi connectivity index (χ3v) is 5.98. The molecule has 9 heteroatoms. The van der Waals surface area contributed by atoms with Crippen LogP contribution in [0.25, 0.3) is 11.9 Å². The van der Waals surface area contributed by atoms with Crippen molar-refractivity contribution >= 4 is 35.5 Å². The number of methoxy groups -OCH3 is 1. The van der Waals surface area contributed by atoms with Crippen LogP contribution >= 0.6 is 11.8 Å². The molecule has 2 aromatic rings. The Morgan fingerprint density at radius 2 is 2.27 bits per heavy atom. The van der Waals surface area contributed by atoms with Crippen molar-refractivity contribution in [2.75, 3.05) is 7.11 Å². The first-order chi connectivity index (χ1) is 12.6. The number of fused-ring (bicyclic) bond motifs is 4. The molecule has 1 aliphatic carbocycles. The van der Waals surface area contributed by atoms with Crippen LogP contribution in [-0.4, -0.2) is 48.7 Å². The lowest BCUT2D eigenvalue weighted by atomic mass is 10.0. The number of amides is 1. The zero-order chi connectivity index (χ0) is 18.0. The summed E-state index contributed by atoms with van der Waals surface area (Å²) in [6.07, 6.45) is 6.52. The maximum absolute atomic E-state index is 12.3. The molecule has 1 fully saturated rings. The van der Waals surface area contributed by atoms with Gasteiger partial charge in [0.2, 0.25) is 11.7 Å². The van der Waals surface area contributed by atoms with Gasteiger partial charge in [-0.3, -0.25) is 14.1 Å². The molecule has 0 bridgehead atoms. The molecule has 0 spiro atoms. The molecule has 2 aromatic heterocycles. The average Bonchev–Trinajstić information content (AvgIpc) is 3.33. The van der Waals surface area contributed by atoms with Crippen LogP contribution in [0.2, 0.25) is 0 Å². The minimum absolute atomic E-state index is 0.0291. The molecular formula is C17H14N4O4S. The molecule has 0 saturated carbocycles. The van der Waals surface area contributed by atoms with Gasteiger partial charge in [0.1, 0.15) is 11.1 Å². The first kappa shape index (κ1) is 15.4. The van der Waals surface area contributed by atoms with Crippen LogP contribution in [0.4, 0.5) is 0 Å². The summed E-state index contributed by atoms with van der Waals surface area (Å²) in [5.41, 5.74) is 3.47. The summed E-state index contributed by atoms with van der Waals surface area (Å²) >= 11 is 1.32. The van der Waals surface area contributed by atoms with Crippen LogP contribution in [0.3, 0.4) is 0 Å². The number of aromatic nitrogens is 3. The van der Waals surface area contributed by atoms with Gasteiger partial charge < -0.3 is 9.84 Å². The number of thioether (sulfide) groups is 1. The smallest absolute Gasteiger partial charge is 0.353 e. The number of carbonyl (C=O) groups excluding carboxylic acids is 1. The van der Waals surface area contributed by atoms with Crippen molar-refractivity contribution in [2.45, 2.75) is 24.6 Å². The number of hydrogen-bond acceptors (Lipinski definition) is 6. The Morgan fingerprint density at radius 3 is 3.04 bits per heavy atom. The Bertz CT molecular complexity index is 1050. The zero-order valence-electron chi connectivity index (χ0n) is 13.8. The second-order valence-electron chi connectivity index (χ2n) is 6.31. The van der Waals surface area contributed by atoms with E-state index in [1.165, 1.54) is 22.1 Å². The summed E-state index contributed by atoms with van der Waals surface area (Å²) in [7, 11) is 1.61. The third-order valence-electron chi connectivity index (χ3n) is 4.90. The van der Waals surface area contributed by atoms with Crippen molar-refractivity contribution in [1.29, 1.82) is 0 Å². The van der Waals surface area contributed by atoms with Gasteiger partial charge >= 0.3 is 5.97 Å². The molecule has 132 valence electrons. The van der Waals surface area contributed by atoms with E-state index in [0.29, 0.717) is 22.9 Å². The molecule has 8 nitrogen and oxygen atoms in total. The fraction of sp³-hybridized carbons (Fsp3) is 0.294. The fourth-order valence-corrected chi connectivity index (χ4v) is 4.83. The van der Waals surface area contributed by atoms with Crippen molar-refractivity contribution in [1.82, 2.24) is 19.3 Å². The Labute approximate surface area is 152 Å². The number of hydrogen-bond donors (Lipinski definition) is 1. The molecule has 1 amide bonds. The highest BCUT2D eigenvalue weighted by Gasteiger charge is 2.49. The van der Waals surface area contributed by atoms with E-state index in [-0.39, 0.29) is 17.0 Å². The number of β-lactam (4-membered cyclic amide) rings is 1. The summed E-state index contributed by atoms with van der Waals surface area (Å²) < 4.78 is 7.35. The van der Waals surface area contributed by atoms with Crippen LogP contribution in [0.15, 0.2) is 22.9 Å². The minimum Gasteiger partial charge on any atom is -0.481 e. The maximum Gasteiger partial charge on any atom is 0.353 e. The maximum atomic E-state index is 12.3. The van der Waals surface area contributed by atoms with Crippen molar-refractivity contribution in [3.8, 4) is 5.88 Å². The SMILES string of the molecule is COc1nc2nc(/C=C3/C(=O)N4C(C(=O)O)=CSC34)cn2c2c1CCC2. The first-order valence-corrected chi connectivity index (χ1v) is 9.11. The monoisotopic (exact) mass is 370 g/mol. The molecule has 3 aliphatic rings. The largest absolute Gasteiger partial charge is 0.481 e. The predicted octanol–water partition coefficient (Wildman–Crippen LogP) is 1.45. The standard InChI is InChI=1S/C17H14N4O4S/c1-25-13-9-3-2-4-11(9)20-6-8(18-17(20)19-13)5-10-14(22)21-12(16(23)24)7-26-15(10)21/h5-7,15H,2-4H2,1H3,(H,23,24)/b10-5-. The summed E-state index contributed by atoms with van der Waals surface area (Å²) in [5, 5.41) is 10.4. The number of carboxylic acids is 1. The number of nitrogens with zero attached hydrogens (tertiary/aromatic N) is 4. The second kappa shape index (κ2) is 5.34. The van der Waals surface area contributed by atoms with Crippen LogP contribution < -0.4 is 4.74 Å². The minimum atomic E-state index is -1.09. The Kier molecular flexibility index (Phi) is 3.17. The number of carboxylic acid groups (broad SMARTS) is 1. The van der Waals surface area contributed by atoms with Crippen molar-refractivity contribution in [2.24, 2.45) is 0 Å². The fourth-order valence-electron chi connectivity index (χ4n) is 3.71. The van der Waals surface area contributed by atoms with Gasteiger partial charge in [-0.15, -0.1) is 11.8 Å². The molecule has 1 saturated heterocycles. The topological polar surface area (TPSA) is 97.0 Å². The molecular weight excluding hydrogens is 356 g/mol. The molecule has 0 aromatic carbocycles. The molecule has 1 atom stereocenters. The van der Waals surface area contributed by atoms with Crippen molar-refractivity contribution in [3.05, 3.63) is 39.8 Å². The van der Waals surface area contributed by atoms with E-state index in [1.54, 1.807) is 13.2 Å². The van der Waals surface area contributed by atoms with E-state index < -0.39 is 5.97 Å². The lowest BCUT2D eigenvalue weighted by Gasteiger charge is -2.36. The van der Waals surface area contributed by atoms with Gasteiger partial charge in [-0.2, -0.15) is 4.98 Å². The highest BCUT2D eigenvalue weighted by Crippen LogP contribution is 2.45. The number of aliphatic carboxylic acids is 1. The lowest BCUT2D eigenvalue weighted by molar-refractivity contribution is -0.141. The summed E-state index contributed by atoms with van der Waals surface area (Å²) in [6, 6.07) is 0. The van der Waals surface area contributed by atoms with Gasteiger partial charge in [0.25, 0.3) is 5.91 Å². The number of imidazole rings is 1. The molecule has 5 rings (SSSR count). The van der Waals surface area contributed by atoms with E-state index in [9.17, 15) is 9.59 Å². The summed E-state index contributed by atoms with van der Waals surface area (Å²) in [4.78, 5) is 33.8. The van der Waals surface area contributed by atoms with Gasteiger partial charge in [0.15, 0.2) is 0 Å². The molecule has 4 heterocycles. The van der Waals surface area contributed by atoms with Gasteiger partial charge in [-0.05, 0) is 25.3 Å². The van der Waals surface area contributed by atoms with Crippen molar-refractivity contribution < 1.29 is 19.4 Å². The average molecular weight is 370 g/mol. The normalized spacial score (nSPS) is 22.4. The van der Waals surface area contributed by atoms with Crippen LogP contribution in [0, 0.1) is 0 Å².